The summed E-state index contributed by atoms with van der Waals surface area (Å²) in [5.74, 6) is -0.359. The first-order valence-electron chi connectivity index (χ1n) is 8.10. The minimum atomic E-state index is -0.457. The molecule has 2 rings (SSSR count). The average Bonchev–Trinajstić information content (AvgIpc) is 3.14. The Hall–Kier alpha value is -2.74. The van der Waals surface area contributed by atoms with Crippen molar-refractivity contribution in [3.8, 4) is 0 Å². The molecule has 0 saturated heterocycles. The molecule has 0 fully saturated rings. The number of amides is 2. The Morgan fingerprint density at radius 1 is 1.31 bits per heavy atom. The number of nitro groups is 1. The van der Waals surface area contributed by atoms with Crippen LogP contribution in [0.3, 0.4) is 0 Å². The van der Waals surface area contributed by atoms with E-state index in [0.717, 1.165) is 4.88 Å². The van der Waals surface area contributed by atoms with Gasteiger partial charge in [0.1, 0.15) is 0 Å². The van der Waals surface area contributed by atoms with Gasteiger partial charge in [-0.15, -0.1) is 11.3 Å². The lowest BCUT2D eigenvalue weighted by Crippen LogP contribution is -2.34. The molecule has 1 N–H and O–H groups in total. The predicted molar refractivity (Wildman–Crippen MR) is 99.8 cm³/mol. The fourth-order valence-corrected chi connectivity index (χ4v) is 3.39. The summed E-state index contributed by atoms with van der Waals surface area (Å²) in [6, 6.07) is 9.28. The highest BCUT2D eigenvalue weighted by Crippen LogP contribution is 2.27. The molecule has 0 radical (unpaired) electrons. The number of thiophene rings is 1. The second-order valence-corrected chi connectivity index (χ2v) is 6.98. The smallest absolute Gasteiger partial charge is 0.269 e. The fourth-order valence-electron chi connectivity index (χ4n) is 2.61. The third-order valence-electron chi connectivity index (χ3n) is 4.18. The molecule has 0 saturated carbocycles. The van der Waals surface area contributed by atoms with Gasteiger partial charge in [-0.2, -0.15) is 0 Å². The van der Waals surface area contributed by atoms with Crippen LogP contribution in [0.5, 0.6) is 0 Å². The minimum absolute atomic E-state index is 0.00934. The van der Waals surface area contributed by atoms with E-state index < -0.39 is 4.92 Å². The highest BCUT2D eigenvalue weighted by molar-refractivity contribution is 7.10. The summed E-state index contributed by atoms with van der Waals surface area (Å²) in [5.41, 5.74) is 0.673. The summed E-state index contributed by atoms with van der Waals surface area (Å²) in [5, 5.41) is 15.6. The van der Waals surface area contributed by atoms with Crippen LogP contribution in [0.15, 0.2) is 41.8 Å². The van der Waals surface area contributed by atoms with Crippen LogP contribution < -0.4 is 5.32 Å². The van der Waals surface area contributed by atoms with Crippen molar-refractivity contribution in [3.63, 3.8) is 0 Å². The number of carbonyl (C=O) groups is 2. The van der Waals surface area contributed by atoms with Crippen LogP contribution in [0, 0.1) is 10.1 Å². The van der Waals surface area contributed by atoms with Gasteiger partial charge in [-0.05, 0) is 23.9 Å². The maximum absolute atomic E-state index is 12.7. The van der Waals surface area contributed by atoms with E-state index in [1.807, 2.05) is 24.4 Å². The zero-order valence-electron chi connectivity index (χ0n) is 14.8. The van der Waals surface area contributed by atoms with Crippen molar-refractivity contribution in [1.29, 1.82) is 0 Å². The van der Waals surface area contributed by atoms with Gasteiger partial charge in [0.15, 0.2) is 0 Å². The molecule has 2 atom stereocenters. The van der Waals surface area contributed by atoms with Gasteiger partial charge in [-0.25, -0.2) is 0 Å². The van der Waals surface area contributed by atoms with Gasteiger partial charge in [0.2, 0.25) is 11.8 Å². The van der Waals surface area contributed by atoms with Crippen molar-refractivity contribution in [2.24, 2.45) is 0 Å². The number of hydrogen-bond acceptors (Lipinski definition) is 5. The number of hydrogen-bond donors (Lipinski definition) is 1. The Morgan fingerprint density at radius 3 is 2.62 bits per heavy atom. The van der Waals surface area contributed by atoms with E-state index in [4.69, 9.17) is 0 Å². The summed E-state index contributed by atoms with van der Waals surface area (Å²) in [6.07, 6.45) is 0.121. The second kappa shape index (κ2) is 8.57. The van der Waals surface area contributed by atoms with Crippen molar-refractivity contribution >= 4 is 28.8 Å². The van der Waals surface area contributed by atoms with Gasteiger partial charge in [0.05, 0.1) is 23.4 Å². The quantitative estimate of drug-likeness (QED) is 0.593. The molecule has 26 heavy (non-hydrogen) atoms. The second-order valence-electron chi connectivity index (χ2n) is 6.01. The maximum Gasteiger partial charge on any atom is 0.269 e. The third kappa shape index (κ3) is 4.89. The van der Waals surface area contributed by atoms with E-state index in [1.165, 1.54) is 30.4 Å². The van der Waals surface area contributed by atoms with E-state index in [0.29, 0.717) is 5.56 Å². The zero-order chi connectivity index (χ0) is 19.3. The summed E-state index contributed by atoms with van der Waals surface area (Å²) in [6.45, 7) is 3.23. The lowest BCUT2D eigenvalue weighted by Gasteiger charge is -2.27. The first-order valence-corrected chi connectivity index (χ1v) is 8.98. The number of nitrogens with one attached hydrogen (secondary N) is 1. The normalized spacial score (nSPS) is 12.9. The first-order chi connectivity index (χ1) is 12.3. The van der Waals surface area contributed by atoms with Gasteiger partial charge < -0.3 is 10.2 Å². The highest BCUT2D eigenvalue weighted by atomic mass is 32.1. The molecule has 0 aliphatic heterocycles. The van der Waals surface area contributed by atoms with Gasteiger partial charge in [0.25, 0.3) is 5.69 Å². The molecule has 8 heteroatoms. The molecule has 0 aliphatic rings. The number of non-ortho nitro benzene ring substituents is 1. The molecule has 1 aromatic heterocycles. The van der Waals surface area contributed by atoms with Crippen molar-refractivity contribution in [2.45, 2.75) is 32.4 Å². The molecule has 0 bridgehead atoms. The number of nitrogens with zero attached hydrogens (tertiary/aromatic N) is 2. The summed E-state index contributed by atoms with van der Waals surface area (Å²) in [4.78, 5) is 37.1. The Kier molecular flexibility index (Phi) is 6.46. The van der Waals surface area contributed by atoms with Gasteiger partial charge in [-0.1, -0.05) is 18.2 Å². The number of rotatable bonds is 7. The van der Waals surface area contributed by atoms with E-state index in [2.05, 4.69) is 5.32 Å². The first kappa shape index (κ1) is 19.6. The van der Waals surface area contributed by atoms with Gasteiger partial charge in [-0.3, -0.25) is 19.7 Å². The molecule has 138 valence electrons. The largest absolute Gasteiger partial charge is 0.348 e. The van der Waals surface area contributed by atoms with E-state index in [-0.39, 0.29) is 36.0 Å². The Bertz CT molecular complexity index is 791. The summed E-state index contributed by atoms with van der Waals surface area (Å²) >= 11 is 1.48. The van der Waals surface area contributed by atoms with Crippen LogP contribution in [-0.2, 0) is 9.59 Å². The highest BCUT2D eigenvalue weighted by Gasteiger charge is 2.24. The summed E-state index contributed by atoms with van der Waals surface area (Å²) in [7, 11) is 1.66. The van der Waals surface area contributed by atoms with E-state index in [9.17, 15) is 19.7 Å². The van der Waals surface area contributed by atoms with Crippen molar-refractivity contribution < 1.29 is 14.5 Å². The monoisotopic (exact) mass is 375 g/mol. The molecule has 1 heterocycles. The molecule has 1 aromatic carbocycles. The van der Waals surface area contributed by atoms with Crippen LogP contribution in [0.25, 0.3) is 0 Å². The molecular formula is C18H21N3O4S. The summed E-state index contributed by atoms with van der Waals surface area (Å²) < 4.78 is 0. The average molecular weight is 375 g/mol. The number of carbonyl (C=O) groups excluding carboxylic acids is 2. The number of nitro benzene ring substituents is 1. The van der Waals surface area contributed by atoms with Crippen LogP contribution in [0.4, 0.5) is 5.69 Å². The van der Waals surface area contributed by atoms with E-state index in [1.54, 1.807) is 24.1 Å². The Balaban J connectivity index is 2.13. The molecule has 0 unspecified atom stereocenters. The van der Waals surface area contributed by atoms with Gasteiger partial charge >= 0.3 is 0 Å². The third-order valence-corrected chi connectivity index (χ3v) is 5.17. The van der Waals surface area contributed by atoms with Crippen LogP contribution >= 0.6 is 11.3 Å². The van der Waals surface area contributed by atoms with Gasteiger partial charge in [0, 0.05) is 31.0 Å². The van der Waals surface area contributed by atoms with Crippen LogP contribution in [-0.4, -0.2) is 28.7 Å². The minimum Gasteiger partial charge on any atom is -0.348 e. The standard InChI is InChI=1S/C18H21N3O4S/c1-12(14-6-4-7-15(10-14)21(24)25)20(3)18(23)11-16(19-13(2)22)17-8-5-9-26-17/h4-10,12,16H,11H2,1-3H3,(H,19,22)/t12-,16-/m0/s1. The Labute approximate surface area is 155 Å². The SMILES string of the molecule is CC(=O)N[C@@H](CC(=O)N(C)[C@@H](C)c1cccc([N+](=O)[O-])c1)c1cccs1. The molecule has 7 nitrogen and oxygen atoms in total. The topological polar surface area (TPSA) is 92.6 Å². The van der Waals surface area contributed by atoms with Crippen molar-refractivity contribution in [3.05, 3.63) is 62.3 Å². The fraction of sp³-hybridized carbons (Fsp3) is 0.333. The van der Waals surface area contributed by atoms with Crippen molar-refractivity contribution in [1.82, 2.24) is 10.2 Å². The van der Waals surface area contributed by atoms with Crippen molar-refractivity contribution in [2.75, 3.05) is 7.05 Å². The Morgan fingerprint density at radius 2 is 2.04 bits per heavy atom. The molecule has 2 amide bonds. The molecule has 0 aliphatic carbocycles. The van der Waals surface area contributed by atoms with Crippen LogP contribution in [0.2, 0.25) is 0 Å². The van der Waals surface area contributed by atoms with Crippen LogP contribution in [0.1, 0.15) is 42.8 Å². The lowest BCUT2D eigenvalue weighted by molar-refractivity contribution is -0.384. The predicted octanol–water partition coefficient (Wildman–Crippen LogP) is 3.44. The molecule has 2 aromatic rings. The maximum atomic E-state index is 12.7. The van der Waals surface area contributed by atoms with E-state index >= 15 is 0 Å². The number of benzene rings is 1. The molecule has 0 spiro atoms. The lowest BCUT2D eigenvalue weighted by atomic mass is 10.0. The molecular weight excluding hydrogens is 354 g/mol. The zero-order valence-corrected chi connectivity index (χ0v) is 15.7.